The highest BCUT2D eigenvalue weighted by molar-refractivity contribution is 5.94. The maximum atomic E-state index is 12.0. The molecule has 0 aromatic heterocycles. The van der Waals surface area contributed by atoms with E-state index in [1.54, 1.807) is 0 Å². The van der Waals surface area contributed by atoms with Crippen LogP contribution in [0, 0.1) is 11.8 Å². The van der Waals surface area contributed by atoms with Gasteiger partial charge in [-0.1, -0.05) is 19.8 Å². The third-order valence-electron chi connectivity index (χ3n) is 3.08. The van der Waals surface area contributed by atoms with Crippen molar-refractivity contribution in [2.45, 2.75) is 45.4 Å². The molecular weight excluding hydrogens is 216 g/mol. The molecule has 0 aliphatic carbocycles. The second-order valence-electron chi connectivity index (χ2n) is 4.61. The van der Waals surface area contributed by atoms with Crippen LogP contribution in [0.4, 0.5) is 0 Å². The van der Waals surface area contributed by atoms with E-state index in [0.29, 0.717) is 19.5 Å². The summed E-state index contributed by atoms with van der Waals surface area (Å²) in [5, 5.41) is 0. The molecule has 17 heavy (non-hydrogen) atoms. The van der Waals surface area contributed by atoms with Crippen LogP contribution in [-0.4, -0.2) is 25.2 Å². The molecule has 100 valence electrons. The van der Waals surface area contributed by atoms with Crippen LogP contribution in [0.15, 0.2) is 0 Å². The van der Waals surface area contributed by atoms with Gasteiger partial charge in [-0.25, -0.2) is 0 Å². The monoisotopic (exact) mass is 242 g/mol. The van der Waals surface area contributed by atoms with Gasteiger partial charge in [-0.15, -0.1) is 0 Å². The number of Topliss-reactive ketones (excluding diaryl/α,β-unsaturated/α-hetero) is 1. The summed E-state index contributed by atoms with van der Waals surface area (Å²) in [6, 6.07) is 0. The van der Waals surface area contributed by atoms with E-state index in [0.717, 1.165) is 38.4 Å². The third-order valence-corrected chi connectivity index (χ3v) is 3.08. The lowest BCUT2D eigenvalue weighted by Gasteiger charge is -2.15. The summed E-state index contributed by atoms with van der Waals surface area (Å²) in [4.78, 5) is 22.9. The van der Waals surface area contributed by atoms with E-state index >= 15 is 0 Å². The van der Waals surface area contributed by atoms with Crippen molar-refractivity contribution in [1.82, 2.24) is 0 Å². The molecule has 0 fully saturated rings. The standard InChI is InChI=1S/C13H26N2O2/c1-11(6-2-4-8-14)13(17)12(10-16)7-3-5-9-15/h10-12H,2-9,14-15H2,1H3. The highest BCUT2D eigenvalue weighted by atomic mass is 16.1. The molecule has 0 spiro atoms. The zero-order valence-electron chi connectivity index (χ0n) is 10.9. The number of unbranched alkanes of at least 4 members (excludes halogenated alkanes) is 2. The Hall–Kier alpha value is -0.740. The van der Waals surface area contributed by atoms with Crippen LogP contribution in [0.25, 0.3) is 0 Å². The van der Waals surface area contributed by atoms with Gasteiger partial charge in [0.05, 0.1) is 5.92 Å². The molecule has 4 N–H and O–H groups in total. The Morgan fingerprint density at radius 2 is 1.59 bits per heavy atom. The van der Waals surface area contributed by atoms with Crippen molar-refractivity contribution < 1.29 is 9.59 Å². The molecule has 0 bridgehead atoms. The molecule has 2 unspecified atom stereocenters. The van der Waals surface area contributed by atoms with Crippen molar-refractivity contribution in [3.63, 3.8) is 0 Å². The summed E-state index contributed by atoms with van der Waals surface area (Å²) in [6.07, 6.45) is 5.88. The van der Waals surface area contributed by atoms with E-state index in [2.05, 4.69) is 0 Å². The molecule has 0 aromatic carbocycles. The minimum absolute atomic E-state index is 0.0328. The summed E-state index contributed by atoms with van der Waals surface area (Å²) >= 11 is 0. The fourth-order valence-corrected chi connectivity index (χ4v) is 1.89. The minimum atomic E-state index is -0.436. The zero-order chi connectivity index (χ0) is 13.1. The van der Waals surface area contributed by atoms with Gasteiger partial charge in [0.25, 0.3) is 0 Å². The van der Waals surface area contributed by atoms with Gasteiger partial charge in [0.15, 0.2) is 0 Å². The molecule has 2 atom stereocenters. The van der Waals surface area contributed by atoms with E-state index in [-0.39, 0.29) is 11.7 Å². The van der Waals surface area contributed by atoms with Gasteiger partial charge in [-0.2, -0.15) is 0 Å². The first-order chi connectivity index (χ1) is 8.17. The van der Waals surface area contributed by atoms with Crippen LogP contribution in [-0.2, 0) is 9.59 Å². The molecule has 0 rings (SSSR count). The van der Waals surface area contributed by atoms with Crippen LogP contribution in [0.2, 0.25) is 0 Å². The predicted octanol–water partition coefficient (Wildman–Crippen LogP) is 1.26. The number of hydrogen-bond donors (Lipinski definition) is 2. The van der Waals surface area contributed by atoms with Crippen molar-refractivity contribution in [2.75, 3.05) is 13.1 Å². The number of rotatable bonds is 11. The minimum Gasteiger partial charge on any atom is -0.330 e. The van der Waals surface area contributed by atoms with E-state index in [1.807, 2.05) is 6.92 Å². The largest absolute Gasteiger partial charge is 0.330 e. The number of ketones is 1. The summed E-state index contributed by atoms with van der Waals surface area (Å²) in [6.45, 7) is 3.18. The molecular formula is C13H26N2O2. The van der Waals surface area contributed by atoms with Crippen molar-refractivity contribution in [3.8, 4) is 0 Å². The molecule has 0 saturated heterocycles. The summed E-state index contributed by atoms with van der Waals surface area (Å²) in [5.41, 5.74) is 10.8. The lowest BCUT2D eigenvalue weighted by atomic mass is 9.88. The highest BCUT2D eigenvalue weighted by Gasteiger charge is 2.22. The van der Waals surface area contributed by atoms with Crippen molar-refractivity contribution in [2.24, 2.45) is 23.3 Å². The van der Waals surface area contributed by atoms with Crippen LogP contribution in [0.5, 0.6) is 0 Å². The van der Waals surface area contributed by atoms with Crippen LogP contribution in [0.1, 0.15) is 45.4 Å². The Labute approximate surface area is 104 Å². The quantitative estimate of drug-likeness (QED) is 0.324. The lowest BCUT2D eigenvalue weighted by molar-refractivity contribution is -0.130. The first kappa shape index (κ1) is 16.3. The number of carbonyl (C=O) groups is 2. The Balaban J connectivity index is 3.99. The maximum Gasteiger partial charge on any atom is 0.145 e. The van der Waals surface area contributed by atoms with Gasteiger partial charge in [0.1, 0.15) is 12.1 Å². The Bertz CT molecular complexity index is 219. The molecule has 0 saturated carbocycles. The summed E-state index contributed by atoms with van der Waals surface area (Å²) < 4.78 is 0. The van der Waals surface area contributed by atoms with E-state index in [4.69, 9.17) is 11.5 Å². The summed E-state index contributed by atoms with van der Waals surface area (Å²) in [5.74, 6) is -0.391. The number of carbonyl (C=O) groups excluding carboxylic acids is 2. The SMILES string of the molecule is CC(CCCCN)C(=O)C(C=O)CCCCN. The smallest absolute Gasteiger partial charge is 0.145 e. The topological polar surface area (TPSA) is 86.2 Å². The molecule has 0 aliphatic heterocycles. The van der Waals surface area contributed by atoms with Gasteiger partial charge < -0.3 is 16.3 Å². The van der Waals surface area contributed by atoms with E-state index < -0.39 is 5.92 Å². The molecule has 0 aliphatic rings. The average Bonchev–Trinajstić information content (AvgIpc) is 2.34. The van der Waals surface area contributed by atoms with Gasteiger partial charge in [-0.3, -0.25) is 4.79 Å². The van der Waals surface area contributed by atoms with Crippen LogP contribution < -0.4 is 11.5 Å². The van der Waals surface area contributed by atoms with E-state index in [9.17, 15) is 9.59 Å². The molecule has 0 amide bonds. The lowest BCUT2D eigenvalue weighted by Crippen LogP contribution is -2.23. The zero-order valence-corrected chi connectivity index (χ0v) is 10.9. The van der Waals surface area contributed by atoms with Crippen LogP contribution >= 0.6 is 0 Å². The Kier molecular flexibility index (Phi) is 9.96. The first-order valence-electron chi connectivity index (χ1n) is 6.56. The molecule has 0 radical (unpaired) electrons. The molecule has 4 heteroatoms. The molecule has 4 nitrogen and oxygen atoms in total. The number of nitrogens with two attached hydrogens (primary N) is 2. The third kappa shape index (κ3) is 7.23. The molecule has 0 aromatic rings. The van der Waals surface area contributed by atoms with Crippen molar-refractivity contribution in [1.29, 1.82) is 0 Å². The fourth-order valence-electron chi connectivity index (χ4n) is 1.89. The highest BCUT2D eigenvalue weighted by Crippen LogP contribution is 2.17. The summed E-state index contributed by atoms with van der Waals surface area (Å²) in [7, 11) is 0. The Morgan fingerprint density at radius 3 is 2.06 bits per heavy atom. The van der Waals surface area contributed by atoms with Gasteiger partial charge >= 0.3 is 0 Å². The second kappa shape index (κ2) is 10.4. The van der Waals surface area contributed by atoms with E-state index in [1.165, 1.54) is 0 Å². The number of aldehydes is 1. The predicted molar refractivity (Wildman–Crippen MR) is 69.5 cm³/mol. The fraction of sp³-hybridized carbons (Fsp3) is 0.846. The van der Waals surface area contributed by atoms with Crippen molar-refractivity contribution >= 4 is 12.1 Å². The maximum absolute atomic E-state index is 12.0. The Morgan fingerprint density at radius 1 is 1.06 bits per heavy atom. The van der Waals surface area contributed by atoms with Gasteiger partial charge in [0.2, 0.25) is 0 Å². The number of hydrogen-bond acceptors (Lipinski definition) is 4. The van der Waals surface area contributed by atoms with Crippen molar-refractivity contribution in [3.05, 3.63) is 0 Å². The van der Waals surface area contributed by atoms with Gasteiger partial charge in [0, 0.05) is 5.92 Å². The van der Waals surface area contributed by atoms with Gasteiger partial charge in [-0.05, 0) is 38.8 Å². The molecule has 0 heterocycles. The first-order valence-corrected chi connectivity index (χ1v) is 6.56. The normalized spacial score (nSPS) is 14.3. The average molecular weight is 242 g/mol. The second-order valence-corrected chi connectivity index (χ2v) is 4.61. The van der Waals surface area contributed by atoms with Crippen LogP contribution in [0.3, 0.4) is 0 Å².